The maximum absolute atomic E-state index is 5.23. The van der Waals surface area contributed by atoms with Crippen molar-refractivity contribution >= 4 is 26.8 Å². The first-order valence-electron chi connectivity index (χ1n) is 3.90. The summed E-state index contributed by atoms with van der Waals surface area (Å²) in [6, 6.07) is 0. The van der Waals surface area contributed by atoms with Crippen molar-refractivity contribution in [2.24, 2.45) is 4.99 Å². The summed E-state index contributed by atoms with van der Waals surface area (Å²) in [6.07, 6.45) is 2.55. The molecule has 0 aromatic heterocycles. The van der Waals surface area contributed by atoms with Gasteiger partial charge in [-0.3, -0.25) is 0 Å². The number of nitrogens with zero attached hydrogens (tertiary/aromatic N) is 1. The van der Waals surface area contributed by atoms with Gasteiger partial charge in [0.25, 0.3) is 5.23 Å². The van der Waals surface area contributed by atoms with Gasteiger partial charge >= 0.3 is 0 Å². The van der Waals surface area contributed by atoms with E-state index >= 15 is 0 Å². The van der Waals surface area contributed by atoms with Crippen molar-refractivity contribution in [2.45, 2.75) is 19.8 Å². The number of hydrogen-bond donors (Lipinski definition) is 0. The Bertz CT molecular complexity index is 138. The van der Waals surface area contributed by atoms with Gasteiger partial charge in [-0.2, -0.15) is 0 Å². The van der Waals surface area contributed by atoms with Gasteiger partial charge in [0.2, 0.25) is 0 Å². The lowest BCUT2D eigenvalue weighted by molar-refractivity contribution is 0.357. The molecule has 0 aliphatic carbocycles. The average Bonchev–Trinajstić information content (AvgIpc) is 2.50. The maximum Gasteiger partial charge on any atom is 0.256 e. The summed E-state index contributed by atoms with van der Waals surface area (Å²) in [6.45, 7) is 3.82. The molecule has 64 valence electrons. The lowest BCUT2D eigenvalue weighted by Crippen LogP contribution is -1.90. The van der Waals surface area contributed by atoms with Crippen LogP contribution in [-0.4, -0.2) is 24.1 Å². The van der Waals surface area contributed by atoms with E-state index in [9.17, 15) is 0 Å². The van der Waals surface area contributed by atoms with Crippen LogP contribution in [0.2, 0.25) is 0 Å². The number of hydrogen-bond acceptors (Lipinski definition) is 4. The molecule has 0 spiro atoms. The van der Waals surface area contributed by atoms with Gasteiger partial charge in [-0.05, 0) is 6.42 Å². The second-order valence-electron chi connectivity index (χ2n) is 2.25. The molecular weight excluding hydrogens is 178 g/mol. The summed E-state index contributed by atoms with van der Waals surface area (Å²) in [5, 5.41) is 0.867. The molecule has 2 nitrogen and oxygen atoms in total. The molecule has 1 aliphatic rings. The van der Waals surface area contributed by atoms with Gasteiger partial charge in [-0.15, -0.1) is 0 Å². The second kappa shape index (κ2) is 5.77. The maximum atomic E-state index is 5.23. The summed E-state index contributed by atoms with van der Waals surface area (Å²) in [5.74, 6) is 1.20. The molecule has 0 saturated heterocycles. The lowest BCUT2D eigenvalue weighted by atomic mass is 10.4. The SMILES string of the molecule is CCCCSSC1=NCCO1. The highest BCUT2D eigenvalue weighted by Gasteiger charge is 2.06. The minimum atomic E-state index is 0.774. The van der Waals surface area contributed by atoms with Gasteiger partial charge in [-0.25, -0.2) is 4.99 Å². The van der Waals surface area contributed by atoms with Gasteiger partial charge in [0.05, 0.1) is 6.54 Å². The fraction of sp³-hybridized carbons (Fsp3) is 0.857. The molecular formula is C7H13NOS2. The molecule has 11 heavy (non-hydrogen) atoms. The molecule has 0 aromatic rings. The summed E-state index contributed by atoms with van der Waals surface area (Å²) in [4.78, 5) is 4.17. The summed E-state index contributed by atoms with van der Waals surface area (Å²) in [7, 11) is 3.50. The zero-order chi connectivity index (χ0) is 7.94. The highest BCUT2D eigenvalue weighted by atomic mass is 33.1. The number of rotatable bonds is 4. The fourth-order valence-corrected chi connectivity index (χ4v) is 2.74. The van der Waals surface area contributed by atoms with Crippen molar-refractivity contribution in [3.05, 3.63) is 0 Å². The van der Waals surface area contributed by atoms with Crippen LogP contribution in [0.15, 0.2) is 4.99 Å². The molecule has 0 N–H and O–H groups in total. The quantitative estimate of drug-likeness (QED) is 0.503. The molecule has 0 unspecified atom stereocenters. The normalized spacial score (nSPS) is 16.3. The predicted molar refractivity (Wildman–Crippen MR) is 53.2 cm³/mol. The molecule has 1 heterocycles. The molecule has 0 aromatic carbocycles. The molecule has 1 aliphatic heterocycles. The third-order valence-electron chi connectivity index (χ3n) is 1.27. The Labute approximate surface area is 75.6 Å². The van der Waals surface area contributed by atoms with E-state index in [1.807, 2.05) is 10.8 Å². The summed E-state index contributed by atoms with van der Waals surface area (Å²) >= 11 is 0. The fourth-order valence-electron chi connectivity index (χ4n) is 0.661. The van der Waals surface area contributed by atoms with Crippen LogP contribution in [0.25, 0.3) is 0 Å². The summed E-state index contributed by atoms with van der Waals surface area (Å²) in [5.41, 5.74) is 0. The highest BCUT2D eigenvalue weighted by molar-refractivity contribution is 8.82. The molecule has 0 radical (unpaired) electrons. The predicted octanol–water partition coefficient (Wildman–Crippen LogP) is 2.55. The van der Waals surface area contributed by atoms with Crippen LogP contribution in [0.3, 0.4) is 0 Å². The van der Waals surface area contributed by atoms with Crippen molar-refractivity contribution in [2.75, 3.05) is 18.9 Å². The summed E-state index contributed by atoms with van der Waals surface area (Å²) < 4.78 is 5.23. The zero-order valence-corrected chi connectivity index (χ0v) is 8.34. The lowest BCUT2D eigenvalue weighted by Gasteiger charge is -1.98. The molecule has 0 fully saturated rings. The molecule has 4 heteroatoms. The molecule has 1 rings (SSSR count). The Balaban J connectivity index is 1.94. The van der Waals surface area contributed by atoms with Crippen LogP contribution in [0.5, 0.6) is 0 Å². The van der Waals surface area contributed by atoms with Crippen LogP contribution in [0.1, 0.15) is 19.8 Å². The molecule has 0 bridgehead atoms. The Morgan fingerprint density at radius 3 is 3.18 bits per heavy atom. The van der Waals surface area contributed by atoms with Gasteiger partial charge in [-0.1, -0.05) is 24.1 Å². The van der Waals surface area contributed by atoms with Crippen LogP contribution in [0.4, 0.5) is 0 Å². The standard InChI is InChI=1S/C7H13NOS2/c1-2-3-6-10-11-7-8-4-5-9-7/h2-6H2,1H3. The monoisotopic (exact) mass is 191 g/mol. The van der Waals surface area contributed by atoms with E-state index in [0.717, 1.165) is 18.4 Å². The van der Waals surface area contributed by atoms with E-state index in [1.54, 1.807) is 10.8 Å². The van der Waals surface area contributed by atoms with Gasteiger partial charge in [0.15, 0.2) is 0 Å². The molecule has 0 amide bonds. The Hall–Kier alpha value is 0.170. The van der Waals surface area contributed by atoms with Crippen molar-refractivity contribution in [3.63, 3.8) is 0 Å². The third-order valence-corrected chi connectivity index (χ3v) is 3.51. The van der Waals surface area contributed by atoms with Crippen LogP contribution in [-0.2, 0) is 4.74 Å². The molecule has 0 saturated carbocycles. The van der Waals surface area contributed by atoms with Gasteiger partial charge < -0.3 is 4.74 Å². The smallest absolute Gasteiger partial charge is 0.256 e. The Kier molecular flexibility index (Phi) is 4.86. The van der Waals surface area contributed by atoms with Crippen molar-refractivity contribution < 1.29 is 4.74 Å². The van der Waals surface area contributed by atoms with Crippen LogP contribution >= 0.6 is 21.6 Å². The third kappa shape index (κ3) is 3.91. The second-order valence-corrected chi connectivity index (χ2v) is 4.62. The van der Waals surface area contributed by atoms with Crippen molar-refractivity contribution in [3.8, 4) is 0 Å². The first-order valence-corrected chi connectivity index (χ1v) is 6.22. The molecule has 0 atom stereocenters. The highest BCUT2D eigenvalue weighted by Crippen LogP contribution is 2.26. The first-order chi connectivity index (χ1) is 5.43. The van der Waals surface area contributed by atoms with Crippen molar-refractivity contribution in [1.82, 2.24) is 0 Å². The topological polar surface area (TPSA) is 21.6 Å². The zero-order valence-electron chi connectivity index (χ0n) is 6.71. The van der Waals surface area contributed by atoms with Crippen LogP contribution in [0, 0.1) is 0 Å². The number of ether oxygens (including phenoxy) is 1. The Morgan fingerprint density at radius 1 is 1.64 bits per heavy atom. The van der Waals surface area contributed by atoms with E-state index < -0.39 is 0 Å². The number of unbranched alkanes of at least 4 members (excludes halogenated alkanes) is 1. The average molecular weight is 191 g/mol. The Morgan fingerprint density at radius 2 is 2.55 bits per heavy atom. The minimum Gasteiger partial charge on any atom is -0.471 e. The van der Waals surface area contributed by atoms with E-state index in [2.05, 4.69) is 11.9 Å². The largest absolute Gasteiger partial charge is 0.471 e. The van der Waals surface area contributed by atoms with E-state index in [1.165, 1.54) is 18.6 Å². The van der Waals surface area contributed by atoms with E-state index in [0.29, 0.717) is 0 Å². The van der Waals surface area contributed by atoms with E-state index in [-0.39, 0.29) is 0 Å². The van der Waals surface area contributed by atoms with Crippen LogP contribution < -0.4 is 0 Å². The first kappa shape index (κ1) is 9.26. The van der Waals surface area contributed by atoms with Gasteiger partial charge in [0.1, 0.15) is 6.61 Å². The van der Waals surface area contributed by atoms with Crippen molar-refractivity contribution in [1.29, 1.82) is 0 Å². The van der Waals surface area contributed by atoms with Gasteiger partial charge in [0, 0.05) is 16.5 Å². The minimum absolute atomic E-state index is 0.774. The number of aliphatic imine (C=N–C) groups is 1. The van der Waals surface area contributed by atoms with E-state index in [4.69, 9.17) is 4.74 Å².